The fraction of sp³-hybridized carbons (Fsp3) is 0.538. The summed E-state index contributed by atoms with van der Waals surface area (Å²) in [6, 6.07) is 14.5. The lowest BCUT2D eigenvalue weighted by atomic mass is 9.88. The minimum Gasteiger partial charge on any atom is -0.507 e. The van der Waals surface area contributed by atoms with Crippen LogP contribution in [-0.4, -0.2) is 5.11 Å². The zero-order valence-corrected chi connectivity index (χ0v) is 17.5. The maximum absolute atomic E-state index is 10.7. The van der Waals surface area contributed by atoms with Gasteiger partial charge in [0.2, 0.25) is 0 Å². The summed E-state index contributed by atoms with van der Waals surface area (Å²) in [5.74, 6) is 0.430. The maximum Gasteiger partial charge on any atom is 0.123 e. The summed E-state index contributed by atoms with van der Waals surface area (Å²) >= 11 is 0. The Bertz CT molecular complexity index is 645. The van der Waals surface area contributed by atoms with Gasteiger partial charge in [-0.15, -0.1) is 0 Å². The molecule has 0 fully saturated rings. The predicted octanol–water partition coefficient (Wildman–Crippen LogP) is 8.09. The van der Waals surface area contributed by atoms with Crippen LogP contribution >= 0.6 is 0 Å². The monoisotopic (exact) mass is 366 g/mol. The highest BCUT2D eigenvalue weighted by atomic mass is 16.3. The van der Waals surface area contributed by atoms with Gasteiger partial charge in [0.25, 0.3) is 0 Å². The number of benzene rings is 2. The van der Waals surface area contributed by atoms with Gasteiger partial charge in [-0.05, 0) is 48.4 Å². The van der Waals surface area contributed by atoms with E-state index in [1.54, 1.807) is 0 Å². The van der Waals surface area contributed by atoms with E-state index in [0.717, 1.165) is 24.0 Å². The normalized spacial score (nSPS) is 11.0. The summed E-state index contributed by atoms with van der Waals surface area (Å²) < 4.78 is 0. The van der Waals surface area contributed by atoms with E-state index in [1.807, 2.05) is 12.1 Å². The summed E-state index contributed by atoms with van der Waals surface area (Å²) in [5.41, 5.74) is 5.04. The van der Waals surface area contributed by atoms with Crippen molar-refractivity contribution in [2.24, 2.45) is 0 Å². The molecule has 0 radical (unpaired) electrons. The molecule has 0 aromatic heterocycles. The van der Waals surface area contributed by atoms with Gasteiger partial charge in [-0.3, -0.25) is 0 Å². The molecule has 1 nitrogen and oxygen atoms in total. The highest BCUT2D eigenvalue weighted by molar-refractivity contribution is 5.75. The molecule has 0 bridgehead atoms. The van der Waals surface area contributed by atoms with Crippen LogP contribution in [0, 0.1) is 0 Å². The SMILES string of the molecule is CCCCCCCc1ccc(O)c(-c2ccccc2)c1CCCCCCC. The molecular weight excluding hydrogens is 328 g/mol. The zero-order valence-electron chi connectivity index (χ0n) is 17.5. The number of aromatic hydroxyl groups is 1. The average molecular weight is 367 g/mol. The van der Waals surface area contributed by atoms with Crippen LogP contribution in [0.15, 0.2) is 42.5 Å². The molecule has 1 N–H and O–H groups in total. The Balaban J connectivity index is 2.18. The summed E-state index contributed by atoms with van der Waals surface area (Å²) in [5, 5.41) is 10.7. The van der Waals surface area contributed by atoms with Gasteiger partial charge in [-0.25, -0.2) is 0 Å². The summed E-state index contributed by atoms with van der Waals surface area (Å²) in [6.07, 6.45) is 15.2. The van der Waals surface area contributed by atoms with E-state index < -0.39 is 0 Å². The standard InChI is InChI=1S/C26H38O/c1-3-5-7-9-12-16-22-20-21-25(27)26(23-17-13-11-14-18-23)24(22)19-15-10-8-6-4-2/h11,13-14,17-18,20-21,27H,3-10,12,15-16,19H2,1-2H3. The van der Waals surface area contributed by atoms with Gasteiger partial charge in [-0.2, -0.15) is 0 Å². The Morgan fingerprint density at radius 3 is 1.85 bits per heavy atom. The number of aryl methyl sites for hydroxylation is 1. The molecule has 1 heteroatoms. The van der Waals surface area contributed by atoms with Gasteiger partial charge in [-0.1, -0.05) is 102 Å². The van der Waals surface area contributed by atoms with Crippen LogP contribution in [0.2, 0.25) is 0 Å². The molecule has 2 rings (SSSR count). The third kappa shape index (κ3) is 7.05. The molecule has 148 valence electrons. The topological polar surface area (TPSA) is 20.2 Å². The fourth-order valence-electron chi connectivity index (χ4n) is 3.95. The molecule has 0 amide bonds. The van der Waals surface area contributed by atoms with Crippen molar-refractivity contribution in [2.75, 3.05) is 0 Å². The number of phenolic OH excluding ortho intramolecular Hbond substituents is 1. The highest BCUT2D eigenvalue weighted by Crippen LogP contribution is 2.36. The van der Waals surface area contributed by atoms with Gasteiger partial charge in [0.05, 0.1) is 0 Å². The molecule has 0 saturated heterocycles. The van der Waals surface area contributed by atoms with Gasteiger partial charge < -0.3 is 5.11 Å². The van der Waals surface area contributed by atoms with Gasteiger partial charge in [0.15, 0.2) is 0 Å². The summed E-state index contributed by atoms with van der Waals surface area (Å²) in [7, 11) is 0. The molecule has 0 aliphatic heterocycles. The first-order valence-electron chi connectivity index (χ1n) is 11.2. The third-order valence-corrected chi connectivity index (χ3v) is 5.53. The Morgan fingerprint density at radius 2 is 1.22 bits per heavy atom. The zero-order chi connectivity index (χ0) is 19.3. The van der Waals surface area contributed by atoms with Gasteiger partial charge in [0.1, 0.15) is 5.75 Å². The molecule has 2 aromatic carbocycles. The van der Waals surface area contributed by atoms with Crippen molar-refractivity contribution in [3.05, 3.63) is 53.6 Å². The van der Waals surface area contributed by atoms with Crippen LogP contribution in [-0.2, 0) is 12.8 Å². The first-order chi connectivity index (χ1) is 13.3. The van der Waals surface area contributed by atoms with Crippen molar-refractivity contribution in [1.29, 1.82) is 0 Å². The van der Waals surface area contributed by atoms with Crippen molar-refractivity contribution in [2.45, 2.75) is 90.9 Å². The van der Waals surface area contributed by atoms with Crippen molar-refractivity contribution in [3.63, 3.8) is 0 Å². The Morgan fingerprint density at radius 1 is 0.630 bits per heavy atom. The number of unbranched alkanes of at least 4 members (excludes halogenated alkanes) is 8. The van der Waals surface area contributed by atoms with E-state index in [1.165, 1.54) is 75.3 Å². The predicted molar refractivity (Wildman–Crippen MR) is 118 cm³/mol. The molecule has 0 atom stereocenters. The smallest absolute Gasteiger partial charge is 0.123 e. The van der Waals surface area contributed by atoms with Crippen molar-refractivity contribution < 1.29 is 5.11 Å². The van der Waals surface area contributed by atoms with Crippen LogP contribution in [0.1, 0.15) is 89.2 Å². The summed E-state index contributed by atoms with van der Waals surface area (Å²) in [4.78, 5) is 0. The molecule has 27 heavy (non-hydrogen) atoms. The Hall–Kier alpha value is -1.76. The van der Waals surface area contributed by atoms with Crippen molar-refractivity contribution >= 4 is 0 Å². The molecule has 0 aliphatic carbocycles. The van der Waals surface area contributed by atoms with Crippen LogP contribution in [0.3, 0.4) is 0 Å². The van der Waals surface area contributed by atoms with E-state index in [-0.39, 0.29) is 0 Å². The minimum absolute atomic E-state index is 0.430. The maximum atomic E-state index is 10.7. The molecule has 0 unspecified atom stereocenters. The number of rotatable bonds is 13. The van der Waals surface area contributed by atoms with Crippen molar-refractivity contribution in [1.82, 2.24) is 0 Å². The quantitative estimate of drug-likeness (QED) is 0.355. The fourth-order valence-corrected chi connectivity index (χ4v) is 3.95. The largest absolute Gasteiger partial charge is 0.507 e. The molecular formula is C26H38O. The second-order valence-corrected chi connectivity index (χ2v) is 7.79. The second-order valence-electron chi connectivity index (χ2n) is 7.79. The molecule has 0 heterocycles. The minimum atomic E-state index is 0.430. The van der Waals surface area contributed by atoms with Crippen LogP contribution in [0.4, 0.5) is 0 Å². The lowest BCUT2D eigenvalue weighted by Gasteiger charge is -2.17. The van der Waals surface area contributed by atoms with E-state index in [9.17, 15) is 5.11 Å². The highest BCUT2D eigenvalue weighted by Gasteiger charge is 2.14. The van der Waals surface area contributed by atoms with E-state index in [2.05, 4.69) is 44.2 Å². The van der Waals surface area contributed by atoms with E-state index in [0.29, 0.717) is 5.75 Å². The average Bonchev–Trinajstić information content (AvgIpc) is 2.69. The molecule has 0 spiro atoms. The molecule has 0 aliphatic rings. The molecule has 2 aromatic rings. The second kappa shape index (κ2) is 12.6. The molecule has 0 saturated carbocycles. The third-order valence-electron chi connectivity index (χ3n) is 5.53. The van der Waals surface area contributed by atoms with Crippen LogP contribution < -0.4 is 0 Å². The van der Waals surface area contributed by atoms with E-state index in [4.69, 9.17) is 0 Å². The first-order valence-corrected chi connectivity index (χ1v) is 11.2. The van der Waals surface area contributed by atoms with Gasteiger partial charge >= 0.3 is 0 Å². The number of phenols is 1. The van der Waals surface area contributed by atoms with Crippen molar-refractivity contribution in [3.8, 4) is 16.9 Å². The van der Waals surface area contributed by atoms with Gasteiger partial charge in [0, 0.05) is 5.56 Å². The van der Waals surface area contributed by atoms with Crippen LogP contribution in [0.5, 0.6) is 5.75 Å². The number of hydrogen-bond donors (Lipinski definition) is 1. The Kier molecular flexibility index (Phi) is 10.0. The van der Waals surface area contributed by atoms with Crippen LogP contribution in [0.25, 0.3) is 11.1 Å². The lowest BCUT2D eigenvalue weighted by molar-refractivity contribution is 0.476. The first kappa shape index (κ1) is 21.5. The number of hydrogen-bond acceptors (Lipinski definition) is 1. The summed E-state index contributed by atoms with van der Waals surface area (Å²) in [6.45, 7) is 4.53. The Labute approximate surface area is 166 Å². The van der Waals surface area contributed by atoms with E-state index >= 15 is 0 Å². The lowest BCUT2D eigenvalue weighted by Crippen LogP contribution is -2.00.